The first-order chi connectivity index (χ1) is 14.4. The topological polar surface area (TPSA) is 83.9 Å². The summed E-state index contributed by atoms with van der Waals surface area (Å²) in [5.41, 5.74) is 9.99. The quantitative estimate of drug-likeness (QED) is 0.361. The fourth-order valence-corrected chi connectivity index (χ4v) is 4.16. The van der Waals surface area contributed by atoms with Gasteiger partial charge < -0.3 is 20.4 Å². The molecule has 30 heavy (non-hydrogen) atoms. The summed E-state index contributed by atoms with van der Waals surface area (Å²) in [7, 11) is 2.17. The number of nitrogens with two attached hydrogens (primary N) is 2. The number of hydrazine groups is 1. The average Bonchev–Trinajstić information content (AvgIpc) is 3.53. The maximum Gasteiger partial charge on any atom is 0.223 e. The standard InChI is InChI=1S/C22H31BrN6O/c1-15-11-17(14-28-9-7-27(2)8-10-28)22(26-12-15)30-19-6-5-18(21(24)20(19)23)29(25)13-16-3-4-16/h5-6,11-12,16H,3-4,7-10,13-14,24-25H2,1-2H3. The number of pyridine rings is 1. The van der Waals surface area contributed by atoms with E-state index >= 15 is 0 Å². The highest BCUT2D eigenvalue weighted by atomic mass is 79.9. The second-order valence-corrected chi connectivity index (χ2v) is 9.36. The van der Waals surface area contributed by atoms with E-state index in [0.717, 1.165) is 56.1 Å². The van der Waals surface area contributed by atoms with Gasteiger partial charge in [0.2, 0.25) is 5.88 Å². The summed E-state index contributed by atoms with van der Waals surface area (Å²) < 4.78 is 6.94. The first-order valence-corrected chi connectivity index (χ1v) is 11.3. The number of nitrogens with zero attached hydrogens (tertiary/aromatic N) is 4. The van der Waals surface area contributed by atoms with Crippen LogP contribution in [0.5, 0.6) is 11.6 Å². The van der Waals surface area contributed by atoms with Crippen molar-refractivity contribution in [3.05, 3.63) is 40.0 Å². The van der Waals surface area contributed by atoms with Crippen molar-refractivity contribution >= 4 is 27.3 Å². The summed E-state index contributed by atoms with van der Waals surface area (Å²) in [5.74, 6) is 8.18. The molecule has 2 fully saturated rings. The average molecular weight is 475 g/mol. The number of likely N-dealkylation sites (N-methyl/N-ethyl adjacent to an activating group) is 1. The molecule has 2 heterocycles. The van der Waals surface area contributed by atoms with E-state index in [1.165, 1.54) is 12.8 Å². The SMILES string of the molecule is Cc1cnc(Oc2ccc(N(N)CC3CC3)c(N)c2Br)c(CN2CCN(C)CC2)c1. The molecule has 1 saturated heterocycles. The van der Waals surface area contributed by atoms with Gasteiger partial charge in [-0.05, 0) is 72.4 Å². The lowest BCUT2D eigenvalue weighted by atomic mass is 10.2. The molecule has 7 nitrogen and oxygen atoms in total. The Bertz CT molecular complexity index is 895. The lowest BCUT2D eigenvalue weighted by Crippen LogP contribution is -2.43. The molecule has 8 heteroatoms. The van der Waals surface area contributed by atoms with Crippen molar-refractivity contribution < 1.29 is 4.74 Å². The van der Waals surface area contributed by atoms with Gasteiger partial charge in [0.1, 0.15) is 5.75 Å². The van der Waals surface area contributed by atoms with Crippen LogP contribution in [0.15, 0.2) is 28.9 Å². The molecule has 162 valence electrons. The van der Waals surface area contributed by atoms with Crippen molar-refractivity contribution in [2.75, 3.05) is 50.5 Å². The number of benzene rings is 1. The van der Waals surface area contributed by atoms with Crippen LogP contribution in [0.3, 0.4) is 0 Å². The van der Waals surface area contributed by atoms with Crippen LogP contribution in [-0.4, -0.2) is 54.6 Å². The summed E-state index contributed by atoms with van der Waals surface area (Å²) >= 11 is 3.61. The zero-order valence-corrected chi connectivity index (χ0v) is 19.4. The second-order valence-electron chi connectivity index (χ2n) is 8.56. The maximum atomic E-state index is 6.38. The van der Waals surface area contributed by atoms with Crippen LogP contribution < -0.4 is 21.3 Å². The van der Waals surface area contributed by atoms with Gasteiger partial charge in [0.25, 0.3) is 0 Å². The van der Waals surface area contributed by atoms with Gasteiger partial charge in [0, 0.05) is 51.0 Å². The highest BCUT2D eigenvalue weighted by Gasteiger charge is 2.25. The molecule has 1 aromatic heterocycles. The number of piperazine rings is 1. The van der Waals surface area contributed by atoms with Crippen molar-refractivity contribution in [1.29, 1.82) is 0 Å². The molecule has 1 aromatic carbocycles. The van der Waals surface area contributed by atoms with Gasteiger partial charge in [-0.25, -0.2) is 10.8 Å². The van der Waals surface area contributed by atoms with Crippen molar-refractivity contribution in [2.45, 2.75) is 26.3 Å². The van der Waals surface area contributed by atoms with Crippen LogP contribution >= 0.6 is 15.9 Å². The Hall–Kier alpha value is -1.87. The Morgan fingerprint density at radius 2 is 1.97 bits per heavy atom. The Kier molecular flexibility index (Phi) is 6.48. The third-order valence-electron chi connectivity index (χ3n) is 5.84. The molecule has 4 N–H and O–H groups in total. The summed E-state index contributed by atoms with van der Waals surface area (Å²) in [5, 5.41) is 1.74. The third-order valence-corrected chi connectivity index (χ3v) is 6.66. The van der Waals surface area contributed by atoms with Crippen LogP contribution in [0.2, 0.25) is 0 Å². The first kappa shape index (κ1) is 21.4. The lowest BCUT2D eigenvalue weighted by Gasteiger charge is -2.32. The molecule has 1 saturated carbocycles. The molecule has 0 amide bonds. The summed E-state index contributed by atoms with van der Waals surface area (Å²) in [4.78, 5) is 9.37. The Morgan fingerprint density at radius 3 is 2.67 bits per heavy atom. The molecular weight excluding hydrogens is 444 g/mol. The number of anilines is 2. The molecule has 2 aliphatic rings. The van der Waals surface area contributed by atoms with E-state index in [0.29, 0.717) is 27.7 Å². The van der Waals surface area contributed by atoms with E-state index in [1.807, 2.05) is 18.3 Å². The van der Waals surface area contributed by atoms with Crippen molar-refractivity contribution in [3.63, 3.8) is 0 Å². The van der Waals surface area contributed by atoms with E-state index in [-0.39, 0.29) is 0 Å². The fourth-order valence-electron chi connectivity index (χ4n) is 3.74. The largest absolute Gasteiger partial charge is 0.437 e. The van der Waals surface area contributed by atoms with E-state index in [2.05, 4.69) is 50.8 Å². The minimum atomic E-state index is 0.586. The van der Waals surface area contributed by atoms with Gasteiger partial charge in [0.05, 0.1) is 15.8 Å². The molecule has 0 radical (unpaired) electrons. The molecule has 4 rings (SSSR count). The number of halogens is 1. The van der Waals surface area contributed by atoms with Gasteiger partial charge >= 0.3 is 0 Å². The molecule has 1 aliphatic heterocycles. The molecule has 0 atom stereocenters. The molecule has 0 spiro atoms. The molecule has 2 aromatic rings. The molecular formula is C22H31BrN6O. The Labute approximate surface area is 187 Å². The van der Waals surface area contributed by atoms with E-state index in [4.69, 9.17) is 16.3 Å². The van der Waals surface area contributed by atoms with Crippen molar-refractivity contribution in [1.82, 2.24) is 14.8 Å². The number of rotatable bonds is 7. The van der Waals surface area contributed by atoms with E-state index < -0.39 is 0 Å². The Balaban J connectivity index is 1.52. The number of aromatic nitrogens is 1. The number of hydrogen-bond acceptors (Lipinski definition) is 7. The zero-order chi connectivity index (χ0) is 21.3. The molecule has 0 bridgehead atoms. The van der Waals surface area contributed by atoms with Gasteiger partial charge in [0.15, 0.2) is 0 Å². The van der Waals surface area contributed by atoms with Gasteiger partial charge in [-0.2, -0.15) is 0 Å². The maximum absolute atomic E-state index is 6.38. The van der Waals surface area contributed by atoms with Crippen molar-refractivity contribution in [2.24, 2.45) is 11.8 Å². The molecule has 1 aliphatic carbocycles. The number of ether oxygens (including phenoxy) is 1. The summed E-state index contributed by atoms with van der Waals surface area (Å²) in [6.45, 7) is 7.95. The van der Waals surface area contributed by atoms with Crippen molar-refractivity contribution in [3.8, 4) is 11.6 Å². The number of aryl methyl sites for hydroxylation is 1. The zero-order valence-electron chi connectivity index (χ0n) is 17.8. The first-order valence-electron chi connectivity index (χ1n) is 10.5. The van der Waals surface area contributed by atoms with E-state index in [9.17, 15) is 0 Å². The van der Waals surface area contributed by atoms with Gasteiger partial charge in [-0.15, -0.1) is 0 Å². The van der Waals surface area contributed by atoms with Crippen LogP contribution in [0.25, 0.3) is 0 Å². The summed E-state index contributed by atoms with van der Waals surface area (Å²) in [6, 6.07) is 5.99. The van der Waals surface area contributed by atoms with Crippen LogP contribution in [0, 0.1) is 12.8 Å². The van der Waals surface area contributed by atoms with Crippen LogP contribution in [0.4, 0.5) is 11.4 Å². The third kappa shape index (κ3) is 5.06. The van der Waals surface area contributed by atoms with Gasteiger partial charge in [-0.1, -0.05) is 0 Å². The predicted octanol–water partition coefficient (Wildman–Crippen LogP) is 3.36. The lowest BCUT2D eigenvalue weighted by molar-refractivity contribution is 0.147. The fraction of sp³-hybridized carbons (Fsp3) is 0.500. The van der Waals surface area contributed by atoms with E-state index in [1.54, 1.807) is 5.01 Å². The second kappa shape index (κ2) is 9.09. The van der Waals surface area contributed by atoms with Crippen LogP contribution in [0.1, 0.15) is 24.0 Å². The highest BCUT2D eigenvalue weighted by molar-refractivity contribution is 9.10. The molecule has 0 unspecified atom stereocenters. The van der Waals surface area contributed by atoms with Crippen LogP contribution in [-0.2, 0) is 6.54 Å². The minimum absolute atomic E-state index is 0.586. The number of nitrogen functional groups attached to an aromatic ring is 1. The predicted molar refractivity (Wildman–Crippen MR) is 125 cm³/mol. The number of hydrogen-bond donors (Lipinski definition) is 2. The highest BCUT2D eigenvalue weighted by Crippen LogP contribution is 2.40. The van der Waals surface area contributed by atoms with Gasteiger partial charge in [-0.3, -0.25) is 4.90 Å². The Morgan fingerprint density at radius 1 is 1.23 bits per heavy atom. The minimum Gasteiger partial charge on any atom is -0.437 e. The normalized spacial score (nSPS) is 17.9. The smallest absolute Gasteiger partial charge is 0.223 e. The summed E-state index contributed by atoms with van der Waals surface area (Å²) in [6.07, 6.45) is 4.32. The monoisotopic (exact) mass is 474 g/mol.